The molecule has 6 heteroatoms. The lowest BCUT2D eigenvalue weighted by atomic mass is 10.1. The van der Waals surface area contributed by atoms with E-state index < -0.39 is 11.7 Å². The molecule has 0 fully saturated rings. The Morgan fingerprint density at radius 3 is 2.17 bits per heavy atom. The van der Waals surface area contributed by atoms with Gasteiger partial charge >= 0.3 is 6.18 Å². The number of hydrogen-bond acceptors (Lipinski definition) is 3. The van der Waals surface area contributed by atoms with E-state index in [0.29, 0.717) is 17.0 Å². The van der Waals surface area contributed by atoms with E-state index in [0.717, 1.165) is 12.1 Å². The lowest BCUT2D eigenvalue weighted by Crippen LogP contribution is -2.04. The molecule has 1 aromatic carbocycles. The summed E-state index contributed by atoms with van der Waals surface area (Å²) >= 11 is 0. The first-order valence-corrected chi connectivity index (χ1v) is 5.15. The molecule has 0 saturated heterocycles. The van der Waals surface area contributed by atoms with Crippen molar-refractivity contribution in [3.8, 4) is 11.3 Å². The molecule has 2 N–H and O–H groups in total. The molecule has 0 aliphatic carbocycles. The van der Waals surface area contributed by atoms with Crippen LogP contribution in [0, 0.1) is 6.92 Å². The molecule has 18 heavy (non-hydrogen) atoms. The number of nitrogens with two attached hydrogens (primary N) is 1. The van der Waals surface area contributed by atoms with E-state index in [4.69, 9.17) is 5.73 Å². The lowest BCUT2D eigenvalue weighted by Gasteiger charge is -2.08. The number of rotatable bonds is 1. The Morgan fingerprint density at radius 2 is 1.67 bits per heavy atom. The monoisotopic (exact) mass is 253 g/mol. The quantitative estimate of drug-likeness (QED) is 0.849. The lowest BCUT2D eigenvalue weighted by molar-refractivity contribution is -0.137. The van der Waals surface area contributed by atoms with Crippen LogP contribution in [-0.2, 0) is 6.18 Å². The molecule has 0 unspecified atom stereocenters. The number of alkyl halides is 3. The number of aromatic nitrogens is 2. The predicted octanol–water partition coefficient (Wildman–Crippen LogP) is 3.05. The first-order chi connectivity index (χ1) is 8.36. The Kier molecular flexibility index (Phi) is 2.94. The van der Waals surface area contributed by atoms with Crippen LogP contribution in [0.3, 0.4) is 0 Å². The van der Waals surface area contributed by atoms with Crippen LogP contribution in [0.2, 0.25) is 0 Å². The van der Waals surface area contributed by atoms with Gasteiger partial charge in [-0.1, -0.05) is 12.1 Å². The highest BCUT2D eigenvalue weighted by Gasteiger charge is 2.29. The fourth-order valence-corrected chi connectivity index (χ4v) is 1.57. The molecular formula is C12H10F3N3. The number of aryl methyl sites for hydroxylation is 1. The maximum absolute atomic E-state index is 12.4. The first kappa shape index (κ1) is 12.3. The SMILES string of the molecule is Cc1cc(-c2ccc(C(F)(F)F)cc2)nc(N)n1. The fourth-order valence-electron chi connectivity index (χ4n) is 1.57. The minimum Gasteiger partial charge on any atom is -0.368 e. The molecule has 0 saturated carbocycles. The molecule has 0 aliphatic rings. The van der Waals surface area contributed by atoms with Gasteiger partial charge in [0.25, 0.3) is 0 Å². The molecule has 0 aliphatic heterocycles. The van der Waals surface area contributed by atoms with Gasteiger partial charge in [0.15, 0.2) is 0 Å². The molecule has 94 valence electrons. The standard InChI is InChI=1S/C12H10F3N3/c1-7-6-10(18-11(16)17-7)8-2-4-9(5-3-8)12(13,14)15/h2-6H,1H3,(H2,16,17,18). The van der Waals surface area contributed by atoms with E-state index in [1.54, 1.807) is 13.0 Å². The summed E-state index contributed by atoms with van der Waals surface area (Å²) in [4.78, 5) is 7.88. The van der Waals surface area contributed by atoms with E-state index in [1.807, 2.05) is 0 Å². The van der Waals surface area contributed by atoms with Gasteiger partial charge in [0.1, 0.15) is 0 Å². The summed E-state index contributed by atoms with van der Waals surface area (Å²) in [5, 5.41) is 0. The van der Waals surface area contributed by atoms with Gasteiger partial charge in [0, 0.05) is 11.3 Å². The van der Waals surface area contributed by atoms with E-state index in [2.05, 4.69) is 9.97 Å². The fraction of sp³-hybridized carbons (Fsp3) is 0.167. The summed E-state index contributed by atoms with van der Waals surface area (Å²) in [5.74, 6) is 0.102. The smallest absolute Gasteiger partial charge is 0.368 e. The second-order valence-corrected chi connectivity index (χ2v) is 3.83. The van der Waals surface area contributed by atoms with Crippen molar-refractivity contribution < 1.29 is 13.2 Å². The zero-order chi connectivity index (χ0) is 13.3. The molecule has 0 bridgehead atoms. The highest BCUT2D eigenvalue weighted by atomic mass is 19.4. The Morgan fingerprint density at radius 1 is 1.06 bits per heavy atom. The first-order valence-electron chi connectivity index (χ1n) is 5.15. The average molecular weight is 253 g/mol. The molecule has 0 radical (unpaired) electrons. The number of anilines is 1. The molecule has 0 amide bonds. The van der Waals surface area contributed by atoms with E-state index in [1.165, 1.54) is 12.1 Å². The summed E-state index contributed by atoms with van der Waals surface area (Å²) in [6, 6.07) is 6.43. The molecular weight excluding hydrogens is 243 g/mol. The normalized spacial score (nSPS) is 11.6. The summed E-state index contributed by atoms with van der Waals surface area (Å²) in [5.41, 5.74) is 6.55. The van der Waals surface area contributed by atoms with Crippen LogP contribution in [0.15, 0.2) is 30.3 Å². The van der Waals surface area contributed by atoms with Crippen molar-refractivity contribution in [3.05, 3.63) is 41.6 Å². The third-order valence-electron chi connectivity index (χ3n) is 2.38. The van der Waals surface area contributed by atoms with E-state index in [9.17, 15) is 13.2 Å². The van der Waals surface area contributed by atoms with Crippen LogP contribution in [0.25, 0.3) is 11.3 Å². The molecule has 1 heterocycles. The highest BCUT2D eigenvalue weighted by molar-refractivity contribution is 5.61. The number of nitrogen functional groups attached to an aromatic ring is 1. The van der Waals surface area contributed by atoms with Crippen molar-refractivity contribution in [2.45, 2.75) is 13.1 Å². The maximum Gasteiger partial charge on any atom is 0.416 e. The molecule has 1 aromatic heterocycles. The van der Waals surface area contributed by atoms with Gasteiger partial charge in [-0.25, -0.2) is 9.97 Å². The van der Waals surface area contributed by atoms with E-state index >= 15 is 0 Å². The van der Waals surface area contributed by atoms with Crippen molar-refractivity contribution in [2.75, 3.05) is 5.73 Å². The van der Waals surface area contributed by atoms with Gasteiger partial charge in [-0.2, -0.15) is 13.2 Å². The predicted molar refractivity (Wildman–Crippen MR) is 61.6 cm³/mol. The third kappa shape index (κ3) is 2.58. The highest BCUT2D eigenvalue weighted by Crippen LogP contribution is 2.30. The van der Waals surface area contributed by atoms with E-state index in [-0.39, 0.29) is 5.95 Å². The molecule has 0 spiro atoms. The van der Waals surface area contributed by atoms with Crippen LogP contribution < -0.4 is 5.73 Å². The van der Waals surface area contributed by atoms with Crippen LogP contribution >= 0.6 is 0 Å². The zero-order valence-electron chi connectivity index (χ0n) is 9.49. The number of halogens is 3. The number of nitrogens with zero attached hydrogens (tertiary/aromatic N) is 2. The van der Waals surface area contributed by atoms with Crippen LogP contribution in [0.4, 0.5) is 19.1 Å². The van der Waals surface area contributed by atoms with Crippen LogP contribution in [-0.4, -0.2) is 9.97 Å². The summed E-state index contributed by atoms with van der Waals surface area (Å²) in [6.07, 6.45) is -4.33. The Bertz CT molecular complexity index is 542. The second-order valence-electron chi connectivity index (χ2n) is 3.83. The molecule has 2 rings (SSSR count). The average Bonchev–Trinajstić information content (AvgIpc) is 2.27. The largest absolute Gasteiger partial charge is 0.416 e. The van der Waals surface area contributed by atoms with Crippen molar-refractivity contribution in [1.29, 1.82) is 0 Å². The Balaban J connectivity index is 2.40. The molecule has 2 aromatic rings. The summed E-state index contributed by atoms with van der Waals surface area (Å²) in [6.45, 7) is 1.74. The van der Waals surface area contributed by atoms with Gasteiger partial charge in [-0.05, 0) is 25.1 Å². The van der Waals surface area contributed by atoms with Gasteiger partial charge < -0.3 is 5.73 Å². The van der Waals surface area contributed by atoms with Crippen molar-refractivity contribution in [2.24, 2.45) is 0 Å². The molecule has 0 atom stereocenters. The van der Waals surface area contributed by atoms with Crippen LogP contribution in [0.5, 0.6) is 0 Å². The number of hydrogen-bond donors (Lipinski definition) is 1. The minimum absolute atomic E-state index is 0.102. The Labute approximate surface area is 101 Å². The van der Waals surface area contributed by atoms with Crippen LogP contribution in [0.1, 0.15) is 11.3 Å². The zero-order valence-corrected chi connectivity index (χ0v) is 9.49. The third-order valence-corrected chi connectivity index (χ3v) is 2.38. The van der Waals surface area contributed by atoms with Gasteiger partial charge in [0.05, 0.1) is 11.3 Å². The van der Waals surface area contributed by atoms with Crippen molar-refractivity contribution in [1.82, 2.24) is 9.97 Å². The topological polar surface area (TPSA) is 51.8 Å². The molecule has 3 nitrogen and oxygen atoms in total. The second kappa shape index (κ2) is 4.29. The van der Waals surface area contributed by atoms with Crippen molar-refractivity contribution in [3.63, 3.8) is 0 Å². The van der Waals surface area contributed by atoms with Gasteiger partial charge in [0.2, 0.25) is 5.95 Å². The number of benzene rings is 1. The Hall–Kier alpha value is -2.11. The van der Waals surface area contributed by atoms with Crippen molar-refractivity contribution >= 4 is 5.95 Å². The minimum atomic E-state index is -4.33. The summed E-state index contributed by atoms with van der Waals surface area (Å²) < 4.78 is 37.2. The summed E-state index contributed by atoms with van der Waals surface area (Å²) in [7, 11) is 0. The van der Waals surface area contributed by atoms with Gasteiger partial charge in [-0.15, -0.1) is 0 Å². The van der Waals surface area contributed by atoms with Gasteiger partial charge in [-0.3, -0.25) is 0 Å². The maximum atomic E-state index is 12.4.